The zero-order chi connectivity index (χ0) is 27.7. The number of carbonyl (C=O) groups excluding carboxylic acids is 2. The van der Waals surface area contributed by atoms with Crippen LogP contribution in [0.15, 0.2) is 97.2 Å². The molecule has 1 amide bonds. The van der Waals surface area contributed by atoms with Gasteiger partial charge in [-0.2, -0.15) is 5.26 Å². The molecule has 0 spiro atoms. The van der Waals surface area contributed by atoms with Crippen molar-refractivity contribution < 1.29 is 9.59 Å². The highest BCUT2D eigenvalue weighted by molar-refractivity contribution is 5.98. The number of rotatable bonds is 9. The Hall–Kier alpha value is -4.60. The summed E-state index contributed by atoms with van der Waals surface area (Å²) in [5, 5.41) is 12.1. The summed E-state index contributed by atoms with van der Waals surface area (Å²) in [6.07, 6.45) is 4.34. The standard InChI is InChI=1S/C34H32N4O2/c35-22-26-9-11-27(12-10-26)24-38-17-15-31(16-18-38)37-34(40)32-14-13-30(23-36-32)33(39)21-29-8-4-7-28(20-29)19-25-5-2-1-3-6-25/h1-14,20,23,31H,15-19,21,24H2,(H,37,40). The average molecular weight is 529 g/mol. The fraction of sp³-hybridized carbons (Fsp3) is 0.235. The molecule has 6 heteroatoms. The monoisotopic (exact) mass is 528 g/mol. The second-order valence-electron chi connectivity index (χ2n) is 10.3. The van der Waals surface area contributed by atoms with Gasteiger partial charge in [0.15, 0.2) is 5.78 Å². The Labute approximate surface area is 235 Å². The molecule has 0 atom stereocenters. The third-order valence-corrected chi connectivity index (χ3v) is 7.34. The van der Waals surface area contributed by atoms with Gasteiger partial charge in [-0.15, -0.1) is 0 Å². The Bertz CT molecular complexity index is 1480. The first-order chi connectivity index (χ1) is 19.6. The Kier molecular flexibility index (Phi) is 8.75. The summed E-state index contributed by atoms with van der Waals surface area (Å²) in [5.41, 5.74) is 6.04. The van der Waals surface area contributed by atoms with Crippen molar-refractivity contribution in [3.05, 3.63) is 136 Å². The largest absolute Gasteiger partial charge is 0.348 e. The predicted octanol–water partition coefficient (Wildman–Crippen LogP) is 5.36. The van der Waals surface area contributed by atoms with Crippen LogP contribution in [0.1, 0.15) is 61.5 Å². The molecule has 5 rings (SSSR count). The second-order valence-corrected chi connectivity index (χ2v) is 10.3. The molecule has 1 fully saturated rings. The van der Waals surface area contributed by atoms with Crippen molar-refractivity contribution in [2.24, 2.45) is 0 Å². The predicted molar refractivity (Wildman–Crippen MR) is 155 cm³/mol. The van der Waals surface area contributed by atoms with Gasteiger partial charge in [0.1, 0.15) is 5.69 Å². The SMILES string of the molecule is N#Cc1ccc(CN2CCC(NC(=O)c3ccc(C(=O)Cc4cccc(Cc5ccccc5)c4)cn3)CC2)cc1. The first-order valence-electron chi connectivity index (χ1n) is 13.7. The number of benzene rings is 3. The van der Waals surface area contributed by atoms with Crippen LogP contribution in [0.4, 0.5) is 0 Å². The topological polar surface area (TPSA) is 86.1 Å². The lowest BCUT2D eigenvalue weighted by molar-refractivity contribution is 0.0902. The van der Waals surface area contributed by atoms with Crippen molar-refractivity contribution in [3.63, 3.8) is 0 Å². The van der Waals surface area contributed by atoms with E-state index in [1.165, 1.54) is 22.9 Å². The molecule has 6 nitrogen and oxygen atoms in total. The number of amides is 1. The molecule has 1 aliphatic rings. The van der Waals surface area contributed by atoms with Crippen LogP contribution in [0.3, 0.4) is 0 Å². The molecule has 200 valence electrons. The molecular formula is C34H32N4O2. The van der Waals surface area contributed by atoms with Gasteiger partial charge < -0.3 is 5.32 Å². The number of piperidine rings is 1. The summed E-state index contributed by atoms with van der Waals surface area (Å²) >= 11 is 0. The first kappa shape index (κ1) is 27.0. The summed E-state index contributed by atoms with van der Waals surface area (Å²) in [6.45, 7) is 2.61. The second kappa shape index (κ2) is 13.0. The minimum Gasteiger partial charge on any atom is -0.348 e. The van der Waals surface area contributed by atoms with E-state index >= 15 is 0 Å². The lowest BCUT2D eigenvalue weighted by Crippen LogP contribution is -2.44. The van der Waals surface area contributed by atoms with Gasteiger partial charge in [0, 0.05) is 43.9 Å². The van der Waals surface area contributed by atoms with Crippen molar-refractivity contribution in [3.8, 4) is 6.07 Å². The van der Waals surface area contributed by atoms with Crippen LogP contribution in [0.2, 0.25) is 0 Å². The van der Waals surface area contributed by atoms with Crippen LogP contribution in [-0.4, -0.2) is 40.7 Å². The van der Waals surface area contributed by atoms with Crippen LogP contribution in [0.5, 0.6) is 0 Å². The van der Waals surface area contributed by atoms with E-state index in [1.807, 2.05) is 54.6 Å². The van der Waals surface area contributed by atoms with E-state index < -0.39 is 0 Å². The maximum absolute atomic E-state index is 12.9. The number of ketones is 1. The molecule has 1 aromatic heterocycles. The fourth-order valence-corrected chi connectivity index (χ4v) is 5.10. The molecule has 0 unspecified atom stereocenters. The lowest BCUT2D eigenvalue weighted by Gasteiger charge is -2.32. The van der Waals surface area contributed by atoms with Crippen LogP contribution in [0.25, 0.3) is 0 Å². The van der Waals surface area contributed by atoms with E-state index in [2.05, 4.69) is 45.5 Å². The van der Waals surface area contributed by atoms with Crippen molar-refractivity contribution in [1.82, 2.24) is 15.2 Å². The number of hydrogen-bond acceptors (Lipinski definition) is 5. The molecule has 1 N–H and O–H groups in total. The highest BCUT2D eigenvalue weighted by Crippen LogP contribution is 2.16. The van der Waals surface area contributed by atoms with E-state index in [9.17, 15) is 9.59 Å². The van der Waals surface area contributed by atoms with Crippen molar-refractivity contribution in [2.75, 3.05) is 13.1 Å². The van der Waals surface area contributed by atoms with Crippen molar-refractivity contribution in [1.29, 1.82) is 5.26 Å². The van der Waals surface area contributed by atoms with E-state index in [4.69, 9.17) is 5.26 Å². The minimum atomic E-state index is -0.210. The smallest absolute Gasteiger partial charge is 0.270 e. The fourth-order valence-electron chi connectivity index (χ4n) is 5.10. The zero-order valence-electron chi connectivity index (χ0n) is 22.4. The molecule has 0 radical (unpaired) electrons. The first-order valence-corrected chi connectivity index (χ1v) is 13.7. The van der Waals surface area contributed by atoms with Crippen molar-refractivity contribution in [2.45, 2.75) is 38.3 Å². The zero-order valence-corrected chi connectivity index (χ0v) is 22.4. The van der Waals surface area contributed by atoms with Crippen molar-refractivity contribution >= 4 is 11.7 Å². The number of Topliss-reactive ketones (excluding diaryl/α,β-unsaturated/α-hetero) is 1. The van der Waals surface area contributed by atoms with E-state index in [1.54, 1.807) is 12.1 Å². The number of likely N-dealkylation sites (tertiary alicyclic amines) is 1. The van der Waals surface area contributed by atoms with Crippen LogP contribution in [-0.2, 0) is 19.4 Å². The molecule has 1 saturated heterocycles. The summed E-state index contributed by atoms with van der Waals surface area (Å²) in [6, 6.07) is 31.6. The summed E-state index contributed by atoms with van der Waals surface area (Å²) in [7, 11) is 0. The number of hydrogen-bond donors (Lipinski definition) is 1. The minimum absolute atomic E-state index is 0.0223. The molecular weight excluding hydrogens is 496 g/mol. The Morgan fingerprint density at radius 2 is 1.57 bits per heavy atom. The molecule has 4 aromatic rings. The van der Waals surface area contributed by atoms with Gasteiger partial charge in [-0.3, -0.25) is 19.5 Å². The quantitative estimate of drug-likeness (QED) is 0.296. The van der Waals surface area contributed by atoms with Crippen LogP contribution in [0, 0.1) is 11.3 Å². The van der Waals surface area contributed by atoms with E-state index in [-0.39, 0.29) is 24.2 Å². The van der Waals surface area contributed by atoms with E-state index in [0.717, 1.165) is 44.5 Å². The molecule has 2 heterocycles. The number of nitrogens with one attached hydrogen (secondary N) is 1. The highest BCUT2D eigenvalue weighted by Gasteiger charge is 2.22. The number of nitrogens with zero attached hydrogens (tertiary/aromatic N) is 3. The Morgan fingerprint density at radius 3 is 2.27 bits per heavy atom. The summed E-state index contributed by atoms with van der Waals surface area (Å²) in [4.78, 5) is 32.4. The maximum Gasteiger partial charge on any atom is 0.270 e. The van der Waals surface area contributed by atoms with Gasteiger partial charge in [-0.1, -0.05) is 66.7 Å². The molecule has 1 aliphatic heterocycles. The van der Waals surface area contributed by atoms with Gasteiger partial charge in [0.05, 0.1) is 11.6 Å². The molecule has 3 aromatic carbocycles. The van der Waals surface area contributed by atoms with Crippen LogP contribution < -0.4 is 5.32 Å². The number of carbonyl (C=O) groups is 2. The molecule has 0 bridgehead atoms. The third-order valence-electron chi connectivity index (χ3n) is 7.34. The van der Waals surface area contributed by atoms with Gasteiger partial charge in [-0.25, -0.2) is 0 Å². The lowest BCUT2D eigenvalue weighted by atomic mass is 9.99. The maximum atomic E-state index is 12.9. The van der Waals surface area contributed by atoms with Gasteiger partial charge in [0.2, 0.25) is 0 Å². The molecule has 40 heavy (non-hydrogen) atoms. The summed E-state index contributed by atoms with van der Waals surface area (Å²) in [5.74, 6) is -0.232. The normalized spacial score (nSPS) is 13.9. The van der Waals surface area contributed by atoms with Crippen LogP contribution >= 0.6 is 0 Å². The van der Waals surface area contributed by atoms with Gasteiger partial charge >= 0.3 is 0 Å². The Morgan fingerprint density at radius 1 is 0.850 bits per heavy atom. The highest BCUT2D eigenvalue weighted by atomic mass is 16.2. The summed E-state index contributed by atoms with van der Waals surface area (Å²) < 4.78 is 0. The third kappa shape index (κ3) is 7.28. The van der Waals surface area contributed by atoms with Gasteiger partial charge in [0.25, 0.3) is 5.91 Å². The Balaban J connectivity index is 1.10. The number of nitriles is 1. The molecule has 0 saturated carbocycles. The molecule has 0 aliphatic carbocycles. The van der Waals surface area contributed by atoms with Gasteiger partial charge in [-0.05, 0) is 65.8 Å². The number of aromatic nitrogens is 1. The average Bonchev–Trinajstić information content (AvgIpc) is 2.99. The van der Waals surface area contributed by atoms with E-state index in [0.29, 0.717) is 16.8 Å². The number of pyridine rings is 1.